The third-order valence-electron chi connectivity index (χ3n) is 5.77. The van der Waals surface area contributed by atoms with Gasteiger partial charge in [0.2, 0.25) is 0 Å². The average molecular weight is 507 g/mol. The molecule has 0 saturated heterocycles. The van der Waals surface area contributed by atoms with Crippen LogP contribution in [0.3, 0.4) is 0 Å². The number of allylic oxidation sites excluding steroid dienone is 4. The normalized spacial score (nSPS) is 15.5. The second-order valence-electron chi connectivity index (χ2n) is 7.21. The zero-order valence-electron chi connectivity index (χ0n) is 16.1. The Morgan fingerprint density at radius 2 is 1.50 bits per heavy atom. The summed E-state index contributed by atoms with van der Waals surface area (Å²) in [6, 6.07) is 28.4. The maximum atomic E-state index is 3.60. The number of aromatic nitrogens is 1. The van der Waals surface area contributed by atoms with Crippen LogP contribution in [-0.4, -0.2) is 4.57 Å². The molecule has 0 amide bonds. The van der Waals surface area contributed by atoms with Gasteiger partial charge in [0.05, 0.1) is 5.52 Å². The van der Waals surface area contributed by atoms with E-state index in [4.69, 9.17) is 0 Å². The van der Waals surface area contributed by atoms with E-state index in [0.717, 1.165) is 6.42 Å². The predicted molar refractivity (Wildman–Crippen MR) is 111 cm³/mol. The zero-order valence-corrected chi connectivity index (χ0v) is 20.1. The van der Waals surface area contributed by atoms with Gasteiger partial charge in [0, 0.05) is 28.2 Å². The van der Waals surface area contributed by atoms with Crippen LogP contribution in [0, 0.1) is 6.08 Å². The molecule has 145 valence electrons. The van der Waals surface area contributed by atoms with Crippen LogP contribution < -0.4 is 24.8 Å². The minimum Gasteiger partial charge on any atom is -1.00 e. The monoisotopic (exact) mass is 504 g/mol. The second kappa shape index (κ2) is 9.10. The van der Waals surface area contributed by atoms with Gasteiger partial charge in [-0.3, -0.25) is 6.08 Å². The van der Waals surface area contributed by atoms with Gasteiger partial charge in [0.15, 0.2) is 0 Å². The van der Waals surface area contributed by atoms with E-state index in [-0.39, 0.29) is 56.9 Å². The van der Waals surface area contributed by atoms with Gasteiger partial charge in [-0.05, 0) is 29.3 Å². The molecule has 0 fully saturated rings. The van der Waals surface area contributed by atoms with Crippen molar-refractivity contribution in [1.82, 2.24) is 4.57 Å². The Labute approximate surface area is 208 Å². The Morgan fingerprint density at radius 3 is 2.27 bits per heavy atom. The molecule has 4 heteroatoms. The molecule has 0 aliphatic heterocycles. The summed E-state index contributed by atoms with van der Waals surface area (Å²) in [7, 11) is 0. The minimum absolute atomic E-state index is 0. The van der Waals surface area contributed by atoms with E-state index in [1.165, 1.54) is 44.5 Å². The van der Waals surface area contributed by atoms with E-state index in [1.54, 1.807) is 0 Å². The first-order valence-corrected chi connectivity index (χ1v) is 9.49. The summed E-state index contributed by atoms with van der Waals surface area (Å²) in [4.78, 5) is 0. The van der Waals surface area contributed by atoms with E-state index in [1.807, 2.05) is 0 Å². The quantitative estimate of drug-likeness (QED) is 0.348. The molecule has 30 heavy (non-hydrogen) atoms. The Hall–Kier alpha value is -1.86. The third kappa shape index (κ3) is 3.27. The molecule has 1 atom stereocenters. The third-order valence-corrected chi connectivity index (χ3v) is 5.77. The van der Waals surface area contributed by atoms with E-state index in [2.05, 4.69) is 102 Å². The van der Waals surface area contributed by atoms with Crippen molar-refractivity contribution in [3.63, 3.8) is 0 Å². The van der Waals surface area contributed by atoms with Crippen molar-refractivity contribution in [3.05, 3.63) is 114 Å². The summed E-state index contributed by atoms with van der Waals surface area (Å²) in [5.41, 5.74) is 9.29. The molecule has 1 aromatic heterocycles. The zero-order chi connectivity index (χ0) is 17.8. The molecule has 0 N–H and O–H groups in total. The fourth-order valence-corrected chi connectivity index (χ4v) is 4.73. The Balaban J connectivity index is 0.000000853. The van der Waals surface area contributed by atoms with Crippen molar-refractivity contribution in [1.29, 1.82) is 0 Å². The molecular formula is C26H18Cl2NZr. The molecular weight excluding hydrogens is 488 g/mol. The van der Waals surface area contributed by atoms with Crippen LogP contribution in [0.15, 0.2) is 96.6 Å². The first-order chi connectivity index (χ1) is 13.4. The first-order valence-electron chi connectivity index (χ1n) is 9.49. The van der Waals surface area contributed by atoms with Crippen molar-refractivity contribution >= 4 is 10.9 Å². The summed E-state index contributed by atoms with van der Waals surface area (Å²) in [6.45, 7) is 0. The number of halogens is 2. The first kappa shape index (κ1) is 22.8. The van der Waals surface area contributed by atoms with Crippen LogP contribution in [0.5, 0.6) is 0 Å². The molecule has 6 rings (SSSR count). The van der Waals surface area contributed by atoms with E-state index >= 15 is 0 Å². The number of benzene rings is 3. The number of fused-ring (bicyclic) bond motifs is 5. The fraction of sp³-hybridized carbons (Fsp3) is 0.0769. The fourth-order valence-electron chi connectivity index (χ4n) is 4.73. The number of rotatable bonds is 2. The molecule has 1 radical (unpaired) electrons. The summed E-state index contributed by atoms with van der Waals surface area (Å²) < 4.78 is 2.45. The number of hydrogen-bond acceptors (Lipinski definition) is 0. The van der Waals surface area contributed by atoms with E-state index in [0.29, 0.717) is 0 Å². The second-order valence-corrected chi connectivity index (χ2v) is 7.21. The van der Waals surface area contributed by atoms with Gasteiger partial charge < -0.3 is 29.4 Å². The molecule has 1 heterocycles. The van der Waals surface area contributed by atoms with Crippen LogP contribution in [-0.2, 0) is 26.2 Å². The van der Waals surface area contributed by atoms with Gasteiger partial charge in [-0.2, -0.15) is 6.08 Å². The maximum Gasteiger partial charge on any atom is 3.00 e. The molecule has 1 nitrogen and oxygen atoms in total. The van der Waals surface area contributed by atoms with Crippen LogP contribution in [0.4, 0.5) is 0 Å². The van der Waals surface area contributed by atoms with Crippen molar-refractivity contribution in [2.45, 2.75) is 12.3 Å². The van der Waals surface area contributed by atoms with Gasteiger partial charge in [-0.25, -0.2) is 11.6 Å². The SMILES string of the molecule is [C-]1=C(C2c3ccccc3-c3c2n(-c2ccccc2)c2ccccc32)C=CC1.[Cl-].[Cl-].[Zr+3]. The summed E-state index contributed by atoms with van der Waals surface area (Å²) in [6.07, 6.45) is 8.97. The molecule has 0 bridgehead atoms. The van der Waals surface area contributed by atoms with Gasteiger partial charge >= 0.3 is 26.2 Å². The Kier molecular flexibility index (Phi) is 6.92. The van der Waals surface area contributed by atoms with E-state index in [9.17, 15) is 0 Å². The Morgan fingerprint density at radius 1 is 0.800 bits per heavy atom. The van der Waals surface area contributed by atoms with Crippen molar-refractivity contribution in [3.8, 4) is 16.8 Å². The standard InChI is InChI=1S/C26H18N.2ClH.Zr/c1-2-12-19(13-3-1)27-23-17-9-8-16-22(23)25-21-15-7-6-14-20(21)24(26(25)27)18-10-4-5-11-18;;;/h1-4,6-10,12-17,24H,5H2;2*1H;/q-1;;;+3/p-2. The van der Waals surface area contributed by atoms with Crippen molar-refractivity contribution in [2.75, 3.05) is 0 Å². The summed E-state index contributed by atoms with van der Waals surface area (Å²) in [5.74, 6) is 0.238. The molecule has 0 saturated carbocycles. The summed E-state index contributed by atoms with van der Waals surface area (Å²) >= 11 is 0. The van der Waals surface area contributed by atoms with Gasteiger partial charge in [0.1, 0.15) is 0 Å². The van der Waals surface area contributed by atoms with Gasteiger partial charge in [-0.1, -0.05) is 60.7 Å². The smallest absolute Gasteiger partial charge is 1.00 e. The molecule has 2 aliphatic rings. The largest absolute Gasteiger partial charge is 3.00 e. The molecule has 4 aromatic rings. The van der Waals surface area contributed by atoms with Gasteiger partial charge in [0.25, 0.3) is 0 Å². The van der Waals surface area contributed by atoms with Crippen LogP contribution in [0.25, 0.3) is 27.7 Å². The average Bonchev–Trinajstić information content (AvgIpc) is 3.42. The number of para-hydroxylation sites is 2. The van der Waals surface area contributed by atoms with Gasteiger partial charge in [-0.15, -0.1) is 6.42 Å². The molecule has 1 unspecified atom stereocenters. The van der Waals surface area contributed by atoms with Crippen LogP contribution >= 0.6 is 0 Å². The van der Waals surface area contributed by atoms with Crippen LogP contribution in [0.1, 0.15) is 23.6 Å². The number of nitrogens with zero attached hydrogens (tertiary/aromatic N) is 1. The number of hydrogen-bond donors (Lipinski definition) is 0. The minimum atomic E-state index is 0. The van der Waals surface area contributed by atoms with E-state index < -0.39 is 0 Å². The van der Waals surface area contributed by atoms with Crippen molar-refractivity contribution in [2.24, 2.45) is 0 Å². The van der Waals surface area contributed by atoms with Crippen LogP contribution in [0.2, 0.25) is 0 Å². The molecule has 0 spiro atoms. The maximum absolute atomic E-state index is 3.60. The summed E-state index contributed by atoms with van der Waals surface area (Å²) in [5, 5.41) is 1.33. The predicted octanol–water partition coefficient (Wildman–Crippen LogP) is 0.438. The van der Waals surface area contributed by atoms with Crippen molar-refractivity contribution < 1.29 is 51.0 Å². The molecule has 2 aliphatic carbocycles. The topological polar surface area (TPSA) is 4.93 Å². The molecule has 3 aromatic carbocycles. The Bertz CT molecular complexity index is 1240.